The predicted molar refractivity (Wildman–Crippen MR) is 129 cm³/mol. The second kappa shape index (κ2) is 10.9. The molecule has 0 spiro atoms. The third-order valence-electron chi connectivity index (χ3n) is 6.16. The van der Waals surface area contributed by atoms with Crippen LogP contribution in [0.4, 0.5) is 4.79 Å². The van der Waals surface area contributed by atoms with Crippen LogP contribution in [0.3, 0.4) is 0 Å². The molecule has 2 saturated heterocycles. The van der Waals surface area contributed by atoms with Gasteiger partial charge in [-0.1, -0.05) is 0 Å². The number of carbonyl (C=O) groups excluding carboxylic acids is 2. The highest BCUT2D eigenvalue weighted by Crippen LogP contribution is 2.38. The quantitative estimate of drug-likeness (QED) is 0.442. The molecule has 0 aliphatic carbocycles. The Kier molecular flexibility index (Phi) is 7.91. The van der Waals surface area contributed by atoms with Crippen LogP contribution in [0.5, 0.6) is 17.2 Å². The number of thiophene rings is 1. The van der Waals surface area contributed by atoms with E-state index in [9.17, 15) is 18.0 Å². The van der Waals surface area contributed by atoms with Gasteiger partial charge in [-0.3, -0.25) is 0 Å². The summed E-state index contributed by atoms with van der Waals surface area (Å²) in [5, 5.41) is 1.42. The highest BCUT2D eigenvalue weighted by molar-refractivity contribution is 7.91. The number of piperidine rings is 1. The van der Waals surface area contributed by atoms with Gasteiger partial charge in [-0.2, -0.15) is 4.31 Å². The molecule has 1 unspecified atom stereocenters. The van der Waals surface area contributed by atoms with E-state index in [2.05, 4.69) is 0 Å². The normalized spacial score (nSPS) is 19.1. The molecule has 2 aromatic rings. The summed E-state index contributed by atoms with van der Waals surface area (Å²) in [4.78, 5) is 26.1. The standard InChI is InChI=1S/C23H28N2O9S2/c1-30-16-4-6-17(7-5-16)33-13-18-12-25(23(27)34-18)15-8-10-24(11-9-15)36(28,29)22-20(31-2)19(14-35-22)21(26)32-3/h4-7,14-15,18H,8-13H2,1-3H3. The molecule has 11 nitrogen and oxygen atoms in total. The van der Waals surface area contributed by atoms with Gasteiger partial charge in [-0.15, -0.1) is 11.3 Å². The van der Waals surface area contributed by atoms with Crippen molar-refractivity contribution in [1.29, 1.82) is 0 Å². The van der Waals surface area contributed by atoms with E-state index in [1.165, 1.54) is 23.9 Å². The fraction of sp³-hybridized carbons (Fsp3) is 0.478. The lowest BCUT2D eigenvalue weighted by atomic mass is 10.1. The Morgan fingerprint density at radius 3 is 2.36 bits per heavy atom. The number of cyclic esters (lactones) is 1. The first-order valence-electron chi connectivity index (χ1n) is 11.3. The average Bonchev–Trinajstić information content (AvgIpc) is 3.51. The number of ether oxygens (including phenoxy) is 5. The summed E-state index contributed by atoms with van der Waals surface area (Å²) in [5.74, 6) is 0.678. The van der Waals surface area contributed by atoms with Gasteiger partial charge in [0, 0.05) is 24.5 Å². The minimum atomic E-state index is -3.89. The van der Waals surface area contributed by atoms with Crippen molar-refractivity contribution < 1.29 is 41.7 Å². The van der Waals surface area contributed by atoms with Gasteiger partial charge in [0.2, 0.25) is 0 Å². The van der Waals surface area contributed by atoms with Crippen LogP contribution in [0.15, 0.2) is 33.9 Å². The Morgan fingerprint density at radius 2 is 1.75 bits per heavy atom. The molecule has 1 atom stereocenters. The maximum absolute atomic E-state index is 13.3. The maximum atomic E-state index is 13.3. The number of carbonyl (C=O) groups is 2. The molecule has 2 fully saturated rings. The number of amides is 1. The van der Waals surface area contributed by atoms with Crippen molar-refractivity contribution >= 4 is 33.4 Å². The van der Waals surface area contributed by atoms with Crippen LogP contribution in [0, 0.1) is 0 Å². The molecule has 2 aliphatic rings. The van der Waals surface area contributed by atoms with E-state index in [1.54, 1.807) is 36.3 Å². The summed E-state index contributed by atoms with van der Waals surface area (Å²) in [7, 11) is 0.233. The van der Waals surface area contributed by atoms with E-state index >= 15 is 0 Å². The predicted octanol–water partition coefficient (Wildman–Crippen LogP) is 2.60. The van der Waals surface area contributed by atoms with E-state index < -0.39 is 28.2 Å². The summed E-state index contributed by atoms with van der Waals surface area (Å²) in [6.07, 6.45) is 0.0614. The van der Waals surface area contributed by atoms with E-state index in [-0.39, 0.29) is 41.3 Å². The van der Waals surface area contributed by atoms with Gasteiger partial charge in [-0.25, -0.2) is 18.0 Å². The van der Waals surface area contributed by atoms with Crippen LogP contribution in [0.1, 0.15) is 23.2 Å². The fourth-order valence-corrected chi connectivity index (χ4v) is 7.28. The number of hydrogen-bond acceptors (Lipinski definition) is 10. The van der Waals surface area contributed by atoms with Gasteiger partial charge in [0.05, 0.1) is 27.9 Å². The van der Waals surface area contributed by atoms with Gasteiger partial charge >= 0.3 is 12.1 Å². The Hall–Kier alpha value is -3.03. The van der Waals surface area contributed by atoms with Crippen molar-refractivity contribution in [3.8, 4) is 17.2 Å². The molecule has 2 aliphatic heterocycles. The van der Waals surface area contributed by atoms with Crippen molar-refractivity contribution in [3.63, 3.8) is 0 Å². The van der Waals surface area contributed by atoms with E-state index in [4.69, 9.17) is 23.7 Å². The van der Waals surface area contributed by atoms with Gasteiger partial charge in [0.25, 0.3) is 10.0 Å². The van der Waals surface area contributed by atoms with E-state index in [1.807, 2.05) is 0 Å². The highest BCUT2D eigenvalue weighted by atomic mass is 32.2. The zero-order valence-electron chi connectivity index (χ0n) is 20.2. The molecule has 4 rings (SSSR count). The Balaban J connectivity index is 1.34. The number of nitrogens with zero attached hydrogens (tertiary/aromatic N) is 2. The van der Waals surface area contributed by atoms with Crippen molar-refractivity contribution in [1.82, 2.24) is 9.21 Å². The summed E-state index contributed by atoms with van der Waals surface area (Å²) in [5.41, 5.74) is 0.0705. The second-order valence-electron chi connectivity index (χ2n) is 8.24. The van der Waals surface area contributed by atoms with Crippen molar-refractivity contribution in [3.05, 3.63) is 35.2 Å². The van der Waals surface area contributed by atoms with Gasteiger partial charge < -0.3 is 28.6 Å². The summed E-state index contributed by atoms with van der Waals surface area (Å²) >= 11 is 0.917. The SMILES string of the molecule is COC(=O)c1csc(S(=O)(=O)N2CCC(N3CC(COc4ccc(OC)cc4)OC3=O)CC2)c1OC. The molecule has 3 heterocycles. The van der Waals surface area contributed by atoms with Crippen molar-refractivity contribution in [2.75, 3.05) is 47.6 Å². The molecule has 1 amide bonds. The van der Waals surface area contributed by atoms with Gasteiger partial charge in [-0.05, 0) is 37.1 Å². The Labute approximate surface area is 213 Å². The van der Waals surface area contributed by atoms with Crippen molar-refractivity contribution in [2.24, 2.45) is 0 Å². The lowest BCUT2D eigenvalue weighted by Gasteiger charge is -2.34. The molecule has 0 bridgehead atoms. The van der Waals surface area contributed by atoms with Crippen molar-refractivity contribution in [2.45, 2.75) is 29.2 Å². The molecule has 13 heteroatoms. The maximum Gasteiger partial charge on any atom is 0.410 e. The molecule has 36 heavy (non-hydrogen) atoms. The molecule has 1 aromatic heterocycles. The minimum absolute atomic E-state index is 0.0169. The second-order valence-corrected chi connectivity index (χ2v) is 11.3. The molecule has 196 valence electrons. The van der Waals surface area contributed by atoms with Gasteiger partial charge in [0.1, 0.15) is 23.7 Å². The third kappa shape index (κ3) is 5.22. The number of hydrogen-bond donors (Lipinski definition) is 0. The van der Waals surface area contributed by atoms with Crippen LogP contribution in [0.25, 0.3) is 0 Å². The van der Waals surface area contributed by atoms with E-state index in [0.29, 0.717) is 25.1 Å². The highest BCUT2D eigenvalue weighted by Gasteiger charge is 2.41. The number of esters is 1. The molecule has 1 aromatic carbocycles. The fourth-order valence-electron chi connectivity index (χ4n) is 4.25. The summed E-state index contributed by atoms with van der Waals surface area (Å²) in [6.45, 7) is 1.02. The molecular formula is C23H28N2O9S2. The number of benzene rings is 1. The lowest BCUT2D eigenvalue weighted by Crippen LogP contribution is -2.47. The summed E-state index contributed by atoms with van der Waals surface area (Å²) in [6, 6.07) is 6.98. The zero-order chi connectivity index (χ0) is 25.9. The topological polar surface area (TPSA) is 121 Å². The lowest BCUT2D eigenvalue weighted by molar-refractivity contribution is 0.0597. The summed E-state index contributed by atoms with van der Waals surface area (Å²) < 4.78 is 54.1. The smallest absolute Gasteiger partial charge is 0.410 e. The molecule has 0 saturated carbocycles. The monoisotopic (exact) mass is 540 g/mol. The number of sulfonamides is 1. The molecule has 0 N–H and O–H groups in total. The largest absolute Gasteiger partial charge is 0.497 e. The van der Waals surface area contributed by atoms with Crippen LogP contribution >= 0.6 is 11.3 Å². The third-order valence-corrected chi connectivity index (χ3v) is 9.53. The first kappa shape index (κ1) is 26.0. The Bertz CT molecular complexity index is 1190. The van der Waals surface area contributed by atoms with Crippen LogP contribution in [0.2, 0.25) is 0 Å². The average molecular weight is 541 g/mol. The van der Waals surface area contributed by atoms with Crippen LogP contribution < -0.4 is 14.2 Å². The van der Waals surface area contributed by atoms with Crippen LogP contribution in [-0.2, 0) is 19.5 Å². The van der Waals surface area contributed by atoms with E-state index in [0.717, 1.165) is 17.1 Å². The molecule has 0 radical (unpaired) electrons. The van der Waals surface area contributed by atoms with Crippen LogP contribution in [-0.4, -0.2) is 89.4 Å². The first-order chi connectivity index (χ1) is 17.3. The molecular weight excluding hydrogens is 512 g/mol. The number of rotatable bonds is 9. The first-order valence-corrected chi connectivity index (χ1v) is 13.6. The zero-order valence-corrected chi connectivity index (χ0v) is 21.8. The minimum Gasteiger partial charge on any atom is -0.497 e. The number of methoxy groups -OCH3 is 3. The Morgan fingerprint density at radius 1 is 1.08 bits per heavy atom. The van der Waals surface area contributed by atoms with Gasteiger partial charge in [0.15, 0.2) is 16.1 Å².